The van der Waals surface area contributed by atoms with E-state index in [0.29, 0.717) is 19.4 Å². The highest BCUT2D eigenvalue weighted by Crippen LogP contribution is 2.11. The Bertz CT molecular complexity index is 480. The normalized spacial score (nSPS) is 9.70. The zero-order valence-corrected chi connectivity index (χ0v) is 11.8. The van der Waals surface area contributed by atoms with Gasteiger partial charge in [0.25, 0.3) is 0 Å². The molecule has 0 bridgehead atoms. The lowest BCUT2D eigenvalue weighted by Crippen LogP contribution is -2.25. The maximum atomic E-state index is 8.64. The van der Waals surface area contributed by atoms with Gasteiger partial charge >= 0.3 is 0 Å². The van der Waals surface area contributed by atoms with Crippen LogP contribution in [0.15, 0.2) is 24.3 Å². The molecule has 1 rings (SSSR count). The minimum Gasteiger partial charge on any atom is -0.492 e. The molecule has 1 N–H and O–H groups in total. The van der Waals surface area contributed by atoms with Crippen molar-refractivity contribution in [3.63, 3.8) is 0 Å². The minimum absolute atomic E-state index is 0.0908. The maximum absolute atomic E-state index is 8.64. The number of ether oxygens (including phenoxy) is 1. The topological polar surface area (TPSA) is 56.5 Å². The lowest BCUT2D eigenvalue weighted by atomic mass is 10.2. The molecule has 0 heterocycles. The molecule has 0 aliphatic carbocycles. The molecule has 1 aromatic carbocycles. The van der Waals surface area contributed by atoms with Crippen molar-refractivity contribution in [2.75, 3.05) is 33.4 Å². The molecule has 0 amide bonds. The van der Waals surface area contributed by atoms with Crippen LogP contribution >= 0.6 is 0 Å². The van der Waals surface area contributed by atoms with E-state index >= 15 is 0 Å². The highest BCUT2D eigenvalue weighted by molar-refractivity contribution is 5.38. The fourth-order valence-corrected chi connectivity index (χ4v) is 1.53. The molecule has 0 aliphatic heterocycles. The van der Waals surface area contributed by atoms with E-state index in [-0.39, 0.29) is 6.61 Å². The van der Waals surface area contributed by atoms with Crippen molar-refractivity contribution < 1.29 is 9.84 Å². The molecule has 0 aliphatic rings. The molecule has 4 heteroatoms. The fourth-order valence-electron chi connectivity index (χ4n) is 1.53. The summed E-state index contributed by atoms with van der Waals surface area (Å²) in [5.74, 6) is 6.65. The van der Waals surface area contributed by atoms with Crippen LogP contribution < -0.4 is 4.74 Å². The molecule has 0 saturated heterocycles. The Balaban J connectivity index is 2.32. The zero-order chi connectivity index (χ0) is 14.6. The summed E-state index contributed by atoms with van der Waals surface area (Å²) in [4.78, 5) is 2.07. The van der Waals surface area contributed by atoms with Gasteiger partial charge in [0.05, 0.1) is 12.7 Å². The predicted octanol–water partition coefficient (Wildman–Crippen LogP) is 1.64. The molecule has 4 nitrogen and oxygen atoms in total. The second-order valence-corrected chi connectivity index (χ2v) is 4.36. The molecule has 0 radical (unpaired) electrons. The Hall–Kier alpha value is -2.01. The van der Waals surface area contributed by atoms with Crippen molar-refractivity contribution in [2.45, 2.75) is 12.8 Å². The summed E-state index contributed by atoms with van der Waals surface area (Å²) in [6.45, 7) is 2.24. The van der Waals surface area contributed by atoms with Crippen LogP contribution in [0.4, 0.5) is 0 Å². The molecule has 106 valence electrons. The highest BCUT2D eigenvalue weighted by Gasteiger charge is 1.98. The number of nitrogens with zero attached hydrogens (tertiary/aromatic N) is 2. The van der Waals surface area contributed by atoms with E-state index in [2.05, 4.69) is 22.8 Å². The van der Waals surface area contributed by atoms with Crippen molar-refractivity contribution in [1.82, 2.24) is 4.90 Å². The van der Waals surface area contributed by atoms with Crippen molar-refractivity contribution >= 4 is 0 Å². The Morgan fingerprint density at radius 1 is 1.20 bits per heavy atom. The number of rotatable bonds is 7. The van der Waals surface area contributed by atoms with Gasteiger partial charge in [-0.1, -0.05) is 11.8 Å². The first-order chi connectivity index (χ1) is 9.76. The number of aliphatic hydroxyl groups excluding tert-OH is 1. The van der Waals surface area contributed by atoms with Crippen LogP contribution in [-0.4, -0.2) is 43.4 Å². The summed E-state index contributed by atoms with van der Waals surface area (Å²) in [6, 6.07) is 9.70. The van der Waals surface area contributed by atoms with Crippen LogP contribution in [0.3, 0.4) is 0 Å². The number of nitriles is 1. The molecule has 0 unspecified atom stereocenters. The SMILES string of the molecule is CN(CCC#N)CCOc1ccc(C#CCCO)cc1. The van der Waals surface area contributed by atoms with Crippen LogP contribution in [0.1, 0.15) is 18.4 Å². The molecule has 0 atom stereocenters. The highest BCUT2D eigenvalue weighted by atomic mass is 16.5. The molecule has 0 spiro atoms. The first kappa shape index (κ1) is 16.0. The number of benzene rings is 1. The van der Waals surface area contributed by atoms with E-state index in [1.165, 1.54) is 0 Å². The second-order valence-electron chi connectivity index (χ2n) is 4.36. The number of hydrogen-bond acceptors (Lipinski definition) is 4. The number of likely N-dealkylation sites (N-methyl/N-ethyl adjacent to an activating group) is 1. The van der Waals surface area contributed by atoms with Crippen LogP contribution in [0.5, 0.6) is 5.75 Å². The molecule has 0 aromatic heterocycles. The molecular weight excluding hydrogens is 252 g/mol. The van der Waals surface area contributed by atoms with E-state index in [0.717, 1.165) is 24.4 Å². The largest absolute Gasteiger partial charge is 0.492 e. The third-order valence-electron chi connectivity index (χ3n) is 2.67. The van der Waals surface area contributed by atoms with Crippen LogP contribution in [-0.2, 0) is 0 Å². The van der Waals surface area contributed by atoms with Gasteiger partial charge in [-0.15, -0.1) is 0 Å². The lowest BCUT2D eigenvalue weighted by molar-refractivity contribution is 0.240. The van der Waals surface area contributed by atoms with E-state index in [1.807, 2.05) is 31.3 Å². The van der Waals surface area contributed by atoms with Gasteiger partial charge in [-0.25, -0.2) is 0 Å². The quantitative estimate of drug-likeness (QED) is 0.767. The number of aliphatic hydroxyl groups is 1. The standard InChI is InChI=1S/C16H20N2O2/c1-18(11-4-10-17)12-14-20-16-8-6-15(7-9-16)5-2-3-13-19/h6-9,19H,3-4,11-14H2,1H3. The Labute approximate surface area is 120 Å². The van der Waals surface area contributed by atoms with E-state index in [1.54, 1.807) is 0 Å². The van der Waals surface area contributed by atoms with Gasteiger partial charge in [0.15, 0.2) is 0 Å². The summed E-state index contributed by atoms with van der Waals surface area (Å²) in [7, 11) is 1.97. The van der Waals surface area contributed by atoms with E-state index < -0.39 is 0 Å². The predicted molar refractivity (Wildman–Crippen MR) is 78.2 cm³/mol. The van der Waals surface area contributed by atoms with Crippen LogP contribution in [0, 0.1) is 23.2 Å². The van der Waals surface area contributed by atoms with Gasteiger partial charge in [-0.3, -0.25) is 0 Å². The Kier molecular flexibility index (Phi) is 7.91. The molecular formula is C16H20N2O2. The Morgan fingerprint density at radius 3 is 2.60 bits per heavy atom. The van der Waals surface area contributed by atoms with E-state index in [4.69, 9.17) is 15.1 Å². The first-order valence-electron chi connectivity index (χ1n) is 6.64. The summed E-state index contributed by atoms with van der Waals surface area (Å²) in [5.41, 5.74) is 0.914. The summed E-state index contributed by atoms with van der Waals surface area (Å²) < 4.78 is 5.62. The van der Waals surface area contributed by atoms with Gasteiger partial charge < -0.3 is 14.7 Å². The van der Waals surface area contributed by atoms with Gasteiger partial charge in [-0.05, 0) is 31.3 Å². The smallest absolute Gasteiger partial charge is 0.119 e. The van der Waals surface area contributed by atoms with Crippen molar-refractivity contribution in [1.29, 1.82) is 5.26 Å². The summed E-state index contributed by atoms with van der Waals surface area (Å²) >= 11 is 0. The second kappa shape index (κ2) is 9.86. The van der Waals surface area contributed by atoms with Crippen molar-refractivity contribution in [3.05, 3.63) is 29.8 Å². The third kappa shape index (κ3) is 6.80. The summed E-state index contributed by atoms with van der Waals surface area (Å²) in [6.07, 6.45) is 1.03. The molecule has 1 aromatic rings. The monoisotopic (exact) mass is 272 g/mol. The van der Waals surface area contributed by atoms with Gasteiger partial charge in [0.2, 0.25) is 0 Å². The van der Waals surface area contributed by atoms with E-state index in [9.17, 15) is 0 Å². The van der Waals surface area contributed by atoms with Gasteiger partial charge in [-0.2, -0.15) is 5.26 Å². The molecule has 0 fully saturated rings. The van der Waals surface area contributed by atoms with Crippen molar-refractivity contribution in [3.8, 4) is 23.7 Å². The van der Waals surface area contributed by atoms with Crippen LogP contribution in [0.2, 0.25) is 0 Å². The summed E-state index contributed by atoms with van der Waals surface area (Å²) in [5, 5.41) is 17.1. The van der Waals surface area contributed by atoms with Gasteiger partial charge in [0.1, 0.15) is 12.4 Å². The fraction of sp³-hybridized carbons (Fsp3) is 0.438. The van der Waals surface area contributed by atoms with Crippen LogP contribution in [0.25, 0.3) is 0 Å². The minimum atomic E-state index is 0.0908. The maximum Gasteiger partial charge on any atom is 0.119 e. The lowest BCUT2D eigenvalue weighted by Gasteiger charge is -2.15. The first-order valence-corrected chi connectivity index (χ1v) is 6.64. The molecule has 0 saturated carbocycles. The molecule has 20 heavy (non-hydrogen) atoms. The average Bonchev–Trinajstić information content (AvgIpc) is 2.47. The zero-order valence-electron chi connectivity index (χ0n) is 11.8. The van der Waals surface area contributed by atoms with Gasteiger partial charge in [0, 0.05) is 31.5 Å². The average molecular weight is 272 g/mol. The van der Waals surface area contributed by atoms with Crippen molar-refractivity contribution in [2.24, 2.45) is 0 Å². The third-order valence-corrected chi connectivity index (χ3v) is 2.67. The number of hydrogen-bond donors (Lipinski definition) is 1. The Morgan fingerprint density at radius 2 is 1.95 bits per heavy atom.